The molecule has 0 radical (unpaired) electrons. The van der Waals surface area contributed by atoms with Crippen LogP contribution >= 0.6 is 0 Å². The highest BCUT2D eigenvalue weighted by Crippen LogP contribution is 2.26. The predicted molar refractivity (Wildman–Crippen MR) is 159 cm³/mol. The van der Waals surface area contributed by atoms with E-state index in [1.807, 2.05) is 45.9 Å². The Morgan fingerprint density at radius 3 is 2.41 bits per heavy atom. The van der Waals surface area contributed by atoms with Crippen molar-refractivity contribution < 1.29 is 33.4 Å². The number of allylic oxidation sites excluding steroid dienone is 8. The first-order chi connectivity index (χ1) is 19.4. The Kier molecular flexibility index (Phi) is 15.5. The molecule has 0 aliphatic heterocycles. The summed E-state index contributed by atoms with van der Waals surface area (Å²) >= 11 is 0. The molecule has 2 atom stereocenters. The first-order valence-corrected chi connectivity index (χ1v) is 13.6. The third-order valence-corrected chi connectivity index (χ3v) is 6.34. The Morgan fingerprint density at radius 1 is 1.10 bits per heavy atom. The SMILES string of the molecule is C/C=C/C/C=C(/C)[C@@H](CC/C(C)=C/C=C(\C)C(=O)c1c(O)cc([C@H](C)CC/C=C/NC(=O)OC)oc1=O)OC(C)=O. The molecule has 41 heavy (non-hydrogen) atoms. The first kappa shape index (κ1) is 34.9. The fraction of sp³-hybridized carbons (Fsp3) is 0.438. The van der Waals surface area contributed by atoms with Crippen molar-refractivity contribution >= 4 is 17.8 Å². The molecule has 0 fully saturated rings. The average Bonchev–Trinajstić information content (AvgIpc) is 2.92. The number of carbonyl (C=O) groups excluding carboxylic acids is 3. The minimum Gasteiger partial charge on any atom is -0.507 e. The van der Waals surface area contributed by atoms with Crippen LogP contribution in [0.15, 0.2) is 74.7 Å². The van der Waals surface area contributed by atoms with Crippen LogP contribution in [0.5, 0.6) is 5.75 Å². The van der Waals surface area contributed by atoms with Gasteiger partial charge in [0.1, 0.15) is 23.2 Å². The summed E-state index contributed by atoms with van der Waals surface area (Å²) in [6.45, 7) is 10.6. The van der Waals surface area contributed by atoms with Gasteiger partial charge in [0, 0.05) is 25.1 Å². The lowest BCUT2D eigenvalue weighted by atomic mass is 9.99. The van der Waals surface area contributed by atoms with Crippen LogP contribution in [0.25, 0.3) is 0 Å². The van der Waals surface area contributed by atoms with Gasteiger partial charge in [-0.15, -0.1) is 0 Å². The van der Waals surface area contributed by atoms with Crippen molar-refractivity contribution in [2.24, 2.45) is 0 Å². The van der Waals surface area contributed by atoms with Crippen molar-refractivity contribution in [3.63, 3.8) is 0 Å². The molecule has 1 aromatic heterocycles. The van der Waals surface area contributed by atoms with E-state index >= 15 is 0 Å². The minimum atomic E-state index is -0.905. The second kappa shape index (κ2) is 18.3. The van der Waals surface area contributed by atoms with Gasteiger partial charge in [-0.05, 0) is 70.9 Å². The maximum atomic E-state index is 13.0. The molecule has 9 heteroatoms. The fourth-order valence-electron chi connectivity index (χ4n) is 3.79. The smallest absolute Gasteiger partial charge is 0.410 e. The van der Waals surface area contributed by atoms with E-state index in [4.69, 9.17) is 9.15 Å². The molecule has 1 aromatic rings. The van der Waals surface area contributed by atoms with E-state index in [9.17, 15) is 24.3 Å². The predicted octanol–water partition coefficient (Wildman–Crippen LogP) is 6.80. The molecule has 0 bridgehead atoms. The summed E-state index contributed by atoms with van der Waals surface area (Å²) in [6.07, 6.45) is 14.7. The van der Waals surface area contributed by atoms with Gasteiger partial charge in [-0.1, -0.05) is 49.0 Å². The number of hydrogen-bond donors (Lipinski definition) is 2. The normalized spacial score (nSPS) is 14.3. The summed E-state index contributed by atoms with van der Waals surface area (Å²) in [5, 5.41) is 12.9. The largest absolute Gasteiger partial charge is 0.507 e. The van der Waals surface area contributed by atoms with Gasteiger partial charge in [-0.2, -0.15) is 0 Å². The Labute approximate surface area is 242 Å². The van der Waals surface area contributed by atoms with Gasteiger partial charge < -0.3 is 19.0 Å². The van der Waals surface area contributed by atoms with Gasteiger partial charge in [-0.3, -0.25) is 14.9 Å². The molecule has 0 spiro atoms. The fourth-order valence-corrected chi connectivity index (χ4v) is 3.79. The molecule has 2 N–H and O–H groups in total. The number of aromatic hydroxyl groups is 1. The molecular weight excluding hydrogens is 526 g/mol. The number of amides is 1. The number of hydrogen-bond acceptors (Lipinski definition) is 8. The monoisotopic (exact) mass is 569 g/mol. The molecule has 0 saturated heterocycles. The van der Waals surface area contributed by atoms with Gasteiger partial charge in [0.2, 0.25) is 0 Å². The molecule has 1 rings (SSSR count). The van der Waals surface area contributed by atoms with E-state index in [0.717, 1.165) is 17.6 Å². The van der Waals surface area contributed by atoms with Crippen LogP contribution in [-0.2, 0) is 14.3 Å². The lowest BCUT2D eigenvalue weighted by molar-refractivity contribution is -0.144. The Hall–Kier alpha value is -4.14. The third-order valence-electron chi connectivity index (χ3n) is 6.34. The average molecular weight is 570 g/mol. The number of nitrogens with one attached hydrogen (secondary N) is 1. The van der Waals surface area contributed by atoms with E-state index in [0.29, 0.717) is 25.7 Å². The van der Waals surface area contributed by atoms with Crippen LogP contribution in [0.3, 0.4) is 0 Å². The van der Waals surface area contributed by atoms with Gasteiger partial charge in [-0.25, -0.2) is 9.59 Å². The number of ketones is 1. The molecule has 1 amide bonds. The van der Waals surface area contributed by atoms with Crippen molar-refractivity contribution in [3.05, 3.63) is 87.2 Å². The lowest BCUT2D eigenvalue weighted by Crippen LogP contribution is -2.18. The zero-order chi connectivity index (χ0) is 30.9. The van der Waals surface area contributed by atoms with Crippen LogP contribution in [0.1, 0.15) is 95.7 Å². The minimum absolute atomic E-state index is 0.222. The van der Waals surface area contributed by atoms with Crippen molar-refractivity contribution in [1.82, 2.24) is 5.32 Å². The zero-order valence-electron chi connectivity index (χ0n) is 25.1. The number of Topliss-reactive ketones (excluding diaryl/α,β-unsaturated/α-hetero) is 1. The number of carbonyl (C=O) groups is 3. The van der Waals surface area contributed by atoms with Crippen LogP contribution in [-0.4, -0.2) is 36.2 Å². The summed E-state index contributed by atoms with van der Waals surface area (Å²) in [5.74, 6) is -1.38. The molecular formula is C32H43NO8. The lowest BCUT2D eigenvalue weighted by Gasteiger charge is -2.18. The van der Waals surface area contributed by atoms with Gasteiger partial charge in [0.15, 0.2) is 5.78 Å². The van der Waals surface area contributed by atoms with E-state index < -0.39 is 28.8 Å². The van der Waals surface area contributed by atoms with Crippen molar-refractivity contribution in [3.8, 4) is 5.75 Å². The summed E-state index contributed by atoms with van der Waals surface area (Å²) < 4.78 is 15.3. The maximum Gasteiger partial charge on any atom is 0.410 e. The Balaban J connectivity index is 2.91. The molecule has 1 heterocycles. The highest BCUT2D eigenvalue weighted by Gasteiger charge is 2.22. The Morgan fingerprint density at radius 2 is 1.80 bits per heavy atom. The van der Waals surface area contributed by atoms with E-state index in [2.05, 4.69) is 10.1 Å². The second-order valence-electron chi connectivity index (χ2n) is 9.79. The van der Waals surface area contributed by atoms with Crippen LogP contribution in [0, 0.1) is 0 Å². The van der Waals surface area contributed by atoms with E-state index in [1.165, 1.54) is 26.3 Å². The maximum absolute atomic E-state index is 13.0. The number of alkyl carbamates (subject to hydrolysis) is 1. The molecule has 9 nitrogen and oxygen atoms in total. The van der Waals surface area contributed by atoms with Crippen LogP contribution in [0.4, 0.5) is 4.79 Å². The summed E-state index contributed by atoms with van der Waals surface area (Å²) in [4.78, 5) is 48.2. The van der Waals surface area contributed by atoms with Crippen LogP contribution < -0.4 is 10.9 Å². The quantitative estimate of drug-likeness (QED) is 0.0775. The number of esters is 1. The molecule has 0 saturated carbocycles. The van der Waals surface area contributed by atoms with Crippen LogP contribution in [0.2, 0.25) is 0 Å². The summed E-state index contributed by atoms with van der Waals surface area (Å²) in [5.41, 5.74) is 0.860. The molecule has 0 aliphatic carbocycles. The second-order valence-corrected chi connectivity index (χ2v) is 9.79. The van der Waals surface area contributed by atoms with Crippen molar-refractivity contribution in [2.75, 3.05) is 7.11 Å². The standard InChI is InChI=1S/C32H43NO8/c1-8-9-10-13-22(3)27(40-25(6)34)18-16-21(2)15-17-24(5)30(36)29-26(35)20-28(41-31(29)37)23(4)14-11-12-19-33-32(38)39-7/h8-9,12-13,15,17,19-20,23,27,35H,10-11,14,16,18H2,1-7H3,(H,33,38)/b9-8+,19-12+,21-15+,22-13-,24-17+/t23-,27-/m1/s1. The Bertz CT molecular complexity index is 1260. The molecule has 224 valence electrons. The van der Waals surface area contributed by atoms with Gasteiger partial charge in [0.25, 0.3) is 0 Å². The highest BCUT2D eigenvalue weighted by molar-refractivity contribution is 6.09. The van der Waals surface area contributed by atoms with E-state index in [-0.39, 0.29) is 29.3 Å². The highest BCUT2D eigenvalue weighted by atomic mass is 16.5. The topological polar surface area (TPSA) is 132 Å². The number of rotatable bonds is 15. The molecule has 0 aliphatic rings. The van der Waals surface area contributed by atoms with Gasteiger partial charge in [0.05, 0.1) is 7.11 Å². The van der Waals surface area contributed by atoms with Crippen molar-refractivity contribution in [1.29, 1.82) is 0 Å². The summed E-state index contributed by atoms with van der Waals surface area (Å²) in [6, 6.07) is 1.30. The van der Waals surface area contributed by atoms with E-state index in [1.54, 1.807) is 25.2 Å². The molecule has 0 aromatic carbocycles. The van der Waals surface area contributed by atoms with Crippen molar-refractivity contribution in [2.45, 2.75) is 85.7 Å². The third kappa shape index (κ3) is 12.7. The zero-order valence-corrected chi connectivity index (χ0v) is 25.1. The van der Waals surface area contributed by atoms with Gasteiger partial charge >= 0.3 is 17.7 Å². The number of methoxy groups -OCH3 is 1. The first-order valence-electron chi connectivity index (χ1n) is 13.6. The molecule has 0 unspecified atom stereocenters. The number of ether oxygens (including phenoxy) is 2. The summed E-state index contributed by atoms with van der Waals surface area (Å²) in [7, 11) is 1.27.